The van der Waals surface area contributed by atoms with Gasteiger partial charge in [0.25, 0.3) is 5.91 Å². The van der Waals surface area contributed by atoms with Gasteiger partial charge in [0, 0.05) is 41.2 Å². The van der Waals surface area contributed by atoms with Gasteiger partial charge in [0.1, 0.15) is 0 Å². The molecular formula is C21H23N3O2S2. The standard InChI is InChI=1S/C21H23N3O2S2/c1-14-11-16(6-8-18(14)28-24-9-3-4-10-24)22-21(26)15-5-7-19-17(12-15)23(2)20(25)13-27-19/h5-8,11-12H,3-4,9-10,13H2,1-2H3,(H,22,26). The highest BCUT2D eigenvalue weighted by atomic mass is 32.2. The van der Waals surface area contributed by atoms with Crippen LogP contribution in [0, 0.1) is 6.92 Å². The van der Waals surface area contributed by atoms with Crippen LogP contribution in [0.3, 0.4) is 0 Å². The van der Waals surface area contributed by atoms with Gasteiger partial charge in [0.2, 0.25) is 5.91 Å². The van der Waals surface area contributed by atoms with Gasteiger partial charge in [-0.3, -0.25) is 9.59 Å². The number of nitrogens with zero attached hydrogens (tertiary/aromatic N) is 2. The summed E-state index contributed by atoms with van der Waals surface area (Å²) in [6.45, 7) is 4.34. The second-order valence-electron chi connectivity index (χ2n) is 7.09. The zero-order chi connectivity index (χ0) is 19.7. The molecule has 146 valence electrons. The van der Waals surface area contributed by atoms with Crippen molar-refractivity contribution in [1.29, 1.82) is 0 Å². The van der Waals surface area contributed by atoms with Crippen LogP contribution < -0.4 is 10.2 Å². The Kier molecular flexibility index (Phi) is 5.66. The molecule has 2 heterocycles. The van der Waals surface area contributed by atoms with Crippen molar-refractivity contribution in [3.05, 3.63) is 47.5 Å². The Morgan fingerprint density at radius 1 is 1.14 bits per heavy atom. The van der Waals surface area contributed by atoms with Crippen molar-refractivity contribution >= 4 is 46.9 Å². The fourth-order valence-corrected chi connectivity index (χ4v) is 5.40. The first-order valence-electron chi connectivity index (χ1n) is 9.39. The lowest BCUT2D eigenvalue weighted by Crippen LogP contribution is -2.31. The van der Waals surface area contributed by atoms with E-state index in [4.69, 9.17) is 0 Å². The largest absolute Gasteiger partial charge is 0.322 e. The number of fused-ring (bicyclic) bond motifs is 1. The third-order valence-corrected chi connectivity index (χ3v) is 7.36. The molecule has 0 bridgehead atoms. The van der Waals surface area contributed by atoms with Crippen molar-refractivity contribution in [2.24, 2.45) is 0 Å². The molecule has 7 heteroatoms. The first-order valence-corrected chi connectivity index (χ1v) is 11.2. The van der Waals surface area contributed by atoms with Crippen LogP contribution in [0.15, 0.2) is 46.2 Å². The first kappa shape index (κ1) is 19.4. The molecule has 2 aliphatic heterocycles. The van der Waals surface area contributed by atoms with Crippen LogP contribution in [-0.2, 0) is 4.79 Å². The molecule has 2 aromatic carbocycles. The summed E-state index contributed by atoms with van der Waals surface area (Å²) < 4.78 is 2.39. The summed E-state index contributed by atoms with van der Waals surface area (Å²) in [7, 11) is 1.75. The summed E-state index contributed by atoms with van der Waals surface area (Å²) in [4.78, 5) is 28.5. The number of amides is 2. The normalized spacial score (nSPS) is 16.9. The molecule has 0 atom stereocenters. The van der Waals surface area contributed by atoms with Crippen LogP contribution in [0.25, 0.3) is 0 Å². The Hall–Kier alpha value is -1.96. The molecule has 1 fully saturated rings. The van der Waals surface area contributed by atoms with Gasteiger partial charge in [-0.1, -0.05) is 0 Å². The molecule has 1 saturated heterocycles. The minimum atomic E-state index is -0.168. The predicted octanol–water partition coefficient (Wildman–Crippen LogP) is 4.42. The maximum absolute atomic E-state index is 12.7. The Balaban J connectivity index is 1.48. The van der Waals surface area contributed by atoms with Gasteiger partial charge < -0.3 is 10.2 Å². The SMILES string of the molecule is Cc1cc(NC(=O)c2ccc3c(c2)N(C)C(=O)CS3)ccc1SN1CCCC1. The number of carbonyl (C=O) groups is 2. The molecule has 2 aromatic rings. The summed E-state index contributed by atoms with van der Waals surface area (Å²) in [6, 6.07) is 11.6. The van der Waals surface area contributed by atoms with Crippen molar-refractivity contribution in [2.75, 3.05) is 36.1 Å². The molecule has 2 aliphatic rings. The van der Waals surface area contributed by atoms with E-state index >= 15 is 0 Å². The lowest BCUT2D eigenvalue weighted by atomic mass is 10.1. The van der Waals surface area contributed by atoms with Gasteiger partial charge in [0.15, 0.2) is 0 Å². The summed E-state index contributed by atoms with van der Waals surface area (Å²) >= 11 is 3.31. The first-order chi connectivity index (χ1) is 13.5. The van der Waals surface area contributed by atoms with Gasteiger partial charge >= 0.3 is 0 Å². The quantitative estimate of drug-likeness (QED) is 0.752. The van der Waals surface area contributed by atoms with E-state index in [-0.39, 0.29) is 11.8 Å². The summed E-state index contributed by atoms with van der Waals surface area (Å²) in [5.41, 5.74) is 3.28. The van der Waals surface area contributed by atoms with E-state index in [1.165, 1.54) is 29.5 Å². The average molecular weight is 414 g/mol. The molecule has 0 aromatic heterocycles. The minimum absolute atomic E-state index is 0.0526. The average Bonchev–Trinajstić information content (AvgIpc) is 3.20. The number of benzene rings is 2. The van der Waals surface area contributed by atoms with Gasteiger partial charge in [0.05, 0.1) is 11.4 Å². The third kappa shape index (κ3) is 4.06. The highest BCUT2D eigenvalue weighted by molar-refractivity contribution is 8.00. The number of hydrogen-bond donors (Lipinski definition) is 1. The maximum atomic E-state index is 12.7. The van der Waals surface area contributed by atoms with Crippen molar-refractivity contribution in [3.63, 3.8) is 0 Å². The van der Waals surface area contributed by atoms with Crippen molar-refractivity contribution in [3.8, 4) is 0 Å². The number of rotatable bonds is 4. The molecule has 4 rings (SSSR count). The molecule has 5 nitrogen and oxygen atoms in total. The van der Waals surface area contributed by atoms with Crippen LogP contribution in [0.2, 0.25) is 0 Å². The van der Waals surface area contributed by atoms with E-state index in [9.17, 15) is 9.59 Å². The second kappa shape index (κ2) is 8.19. The molecule has 0 radical (unpaired) electrons. The fraction of sp³-hybridized carbons (Fsp3) is 0.333. The van der Waals surface area contributed by atoms with E-state index in [1.807, 2.05) is 24.3 Å². The number of anilines is 2. The topological polar surface area (TPSA) is 52.7 Å². The van der Waals surface area contributed by atoms with E-state index in [2.05, 4.69) is 22.6 Å². The number of aryl methyl sites for hydroxylation is 1. The predicted molar refractivity (Wildman–Crippen MR) is 116 cm³/mol. The van der Waals surface area contributed by atoms with Crippen LogP contribution in [-0.4, -0.2) is 42.0 Å². The van der Waals surface area contributed by atoms with E-state index in [1.54, 1.807) is 30.0 Å². The third-order valence-electron chi connectivity index (χ3n) is 5.03. The van der Waals surface area contributed by atoms with Crippen LogP contribution in [0.4, 0.5) is 11.4 Å². The Bertz CT molecular complexity index is 926. The molecule has 0 saturated carbocycles. The fourth-order valence-electron chi connectivity index (χ4n) is 3.36. The molecule has 0 unspecified atom stereocenters. The van der Waals surface area contributed by atoms with Crippen molar-refractivity contribution < 1.29 is 9.59 Å². The van der Waals surface area contributed by atoms with Crippen LogP contribution >= 0.6 is 23.7 Å². The van der Waals surface area contributed by atoms with Gasteiger partial charge in [-0.25, -0.2) is 4.31 Å². The highest BCUT2D eigenvalue weighted by Crippen LogP contribution is 2.35. The molecule has 28 heavy (non-hydrogen) atoms. The molecule has 0 aliphatic carbocycles. The van der Waals surface area contributed by atoms with Crippen molar-refractivity contribution in [1.82, 2.24) is 4.31 Å². The van der Waals surface area contributed by atoms with E-state index in [0.29, 0.717) is 11.3 Å². The number of thioether (sulfide) groups is 1. The lowest BCUT2D eigenvalue weighted by molar-refractivity contribution is -0.116. The molecular weight excluding hydrogens is 390 g/mol. The summed E-state index contributed by atoms with van der Waals surface area (Å²) in [5.74, 6) is 0.325. The minimum Gasteiger partial charge on any atom is -0.322 e. The number of hydrogen-bond acceptors (Lipinski definition) is 5. The summed E-state index contributed by atoms with van der Waals surface area (Å²) in [5, 5.41) is 2.98. The zero-order valence-electron chi connectivity index (χ0n) is 16.0. The number of carbonyl (C=O) groups excluding carboxylic acids is 2. The number of nitrogens with one attached hydrogen (secondary N) is 1. The lowest BCUT2D eigenvalue weighted by Gasteiger charge is -2.25. The Morgan fingerprint density at radius 2 is 1.93 bits per heavy atom. The van der Waals surface area contributed by atoms with E-state index in [0.717, 1.165) is 34.9 Å². The monoisotopic (exact) mass is 413 g/mol. The van der Waals surface area contributed by atoms with Crippen LogP contribution in [0.5, 0.6) is 0 Å². The van der Waals surface area contributed by atoms with Gasteiger partial charge in [-0.2, -0.15) is 0 Å². The maximum Gasteiger partial charge on any atom is 0.255 e. The Morgan fingerprint density at radius 3 is 2.68 bits per heavy atom. The molecule has 0 spiro atoms. The van der Waals surface area contributed by atoms with E-state index < -0.39 is 0 Å². The van der Waals surface area contributed by atoms with Gasteiger partial charge in [-0.05, 0) is 73.7 Å². The second-order valence-corrected chi connectivity index (χ2v) is 9.24. The van der Waals surface area contributed by atoms with Gasteiger partial charge in [-0.15, -0.1) is 11.8 Å². The molecule has 1 N–H and O–H groups in total. The van der Waals surface area contributed by atoms with Crippen LogP contribution in [0.1, 0.15) is 28.8 Å². The smallest absolute Gasteiger partial charge is 0.255 e. The Labute approximate surface area is 174 Å². The highest BCUT2D eigenvalue weighted by Gasteiger charge is 2.23. The summed E-state index contributed by atoms with van der Waals surface area (Å²) in [6.07, 6.45) is 2.53. The zero-order valence-corrected chi connectivity index (χ0v) is 17.7. The molecule has 2 amide bonds. The van der Waals surface area contributed by atoms with Crippen molar-refractivity contribution in [2.45, 2.75) is 29.6 Å².